The number of carbonyl (C=O) groups is 1. The van der Waals surface area contributed by atoms with Crippen LogP contribution in [0.15, 0.2) is 42.7 Å². The van der Waals surface area contributed by atoms with Gasteiger partial charge in [0.05, 0.1) is 6.61 Å². The van der Waals surface area contributed by atoms with Crippen molar-refractivity contribution in [3.8, 4) is 11.5 Å². The summed E-state index contributed by atoms with van der Waals surface area (Å²) >= 11 is 0. The summed E-state index contributed by atoms with van der Waals surface area (Å²) in [5.74, 6) is 0.671. The van der Waals surface area contributed by atoms with Gasteiger partial charge >= 0.3 is 5.97 Å². The van der Waals surface area contributed by atoms with Gasteiger partial charge in [0.15, 0.2) is 0 Å². The standard InChI is InChI=1S/C16H15NO4/c1-10(2)16(18)21-13-3-4-14(20-15-6-8-19-15)12-9-17-7-5-11(12)13/h3-5,7,9,15H,1,6,8H2,2H3. The van der Waals surface area contributed by atoms with Gasteiger partial charge in [-0.3, -0.25) is 4.98 Å². The molecular weight excluding hydrogens is 270 g/mol. The van der Waals surface area contributed by atoms with E-state index in [1.165, 1.54) is 0 Å². The number of aromatic nitrogens is 1. The third-order valence-electron chi connectivity index (χ3n) is 3.20. The summed E-state index contributed by atoms with van der Waals surface area (Å²) in [5, 5.41) is 1.54. The van der Waals surface area contributed by atoms with Gasteiger partial charge in [0, 0.05) is 35.2 Å². The Hall–Kier alpha value is -2.40. The Morgan fingerprint density at radius 3 is 2.76 bits per heavy atom. The normalized spacial score (nSPS) is 17.1. The van der Waals surface area contributed by atoms with Crippen LogP contribution in [0, 0.1) is 0 Å². The molecule has 0 bridgehead atoms. The van der Waals surface area contributed by atoms with Gasteiger partial charge in [-0.2, -0.15) is 0 Å². The van der Waals surface area contributed by atoms with Crippen molar-refractivity contribution in [3.05, 3.63) is 42.7 Å². The summed E-state index contributed by atoms with van der Waals surface area (Å²) in [6, 6.07) is 5.24. The second kappa shape index (κ2) is 5.54. The first kappa shape index (κ1) is 13.6. The van der Waals surface area contributed by atoms with Gasteiger partial charge in [0.2, 0.25) is 6.29 Å². The monoisotopic (exact) mass is 285 g/mol. The van der Waals surface area contributed by atoms with Crippen molar-refractivity contribution in [2.75, 3.05) is 6.61 Å². The lowest BCUT2D eigenvalue weighted by atomic mass is 10.1. The van der Waals surface area contributed by atoms with Crippen molar-refractivity contribution in [3.63, 3.8) is 0 Å². The van der Waals surface area contributed by atoms with Crippen molar-refractivity contribution in [2.24, 2.45) is 0 Å². The fourth-order valence-electron chi connectivity index (χ4n) is 1.96. The van der Waals surface area contributed by atoms with Gasteiger partial charge in [0.1, 0.15) is 11.5 Å². The lowest BCUT2D eigenvalue weighted by Gasteiger charge is -2.27. The number of esters is 1. The van der Waals surface area contributed by atoms with E-state index >= 15 is 0 Å². The van der Waals surface area contributed by atoms with E-state index in [2.05, 4.69) is 11.6 Å². The fourth-order valence-corrected chi connectivity index (χ4v) is 1.96. The van der Waals surface area contributed by atoms with Crippen LogP contribution in [0.1, 0.15) is 13.3 Å². The number of ether oxygens (including phenoxy) is 3. The number of carbonyl (C=O) groups excluding carboxylic acids is 1. The van der Waals surface area contributed by atoms with E-state index in [9.17, 15) is 4.79 Å². The van der Waals surface area contributed by atoms with Crippen molar-refractivity contribution in [1.82, 2.24) is 4.98 Å². The molecule has 21 heavy (non-hydrogen) atoms. The van der Waals surface area contributed by atoms with Crippen molar-refractivity contribution >= 4 is 16.7 Å². The number of fused-ring (bicyclic) bond motifs is 1. The second-order valence-electron chi connectivity index (χ2n) is 4.86. The first-order chi connectivity index (χ1) is 10.1. The highest BCUT2D eigenvalue weighted by Crippen LogP contribution is 2.34. The van der Waals surface area contributed by atoms with E-state index in [4.69, 9.17) is 14.2 Å². The summed E-state index contributed by atoms with van der Waals surface area (Å²) in [6.07, 6.45) is 3.98. The van der Waals surface area contributed by atoms with Crippen LogP contribution in [0.5, 0.6) is 11.5 Å². The van der Waals surface area contributed by atoms with Crippen LogP contribution in [-0.4, -0.2) is 23.9 Å². The first-order valence-corrected chi connectivity index (χ1v) is 6.68. The van der Waals surface area contributed by atoms with Gasteiger partial charge in [-0.25, -0.2) is 4.79 Å². The lowest BCUT2D eigenvalue weighted by molar-refractivity contribution is -0.164. The van der Waals surface area contributed by atoms with Crippen LogP contribution in [0.4, 0.5) is 0 Å². The van der Waals surface area contributed by atoms with E-state index < -0.39 is 5.97 Å². The third-order valence-corrected chi connectivity index (χ3v) is 3.20. The molecule has 0 amide bonds. The number of rotatable bonds is 4. The molecular formula is C16H15NO4. The minimum absolute atomic E-state index is 0.211. The molecule has 0 saturated carbocycles. The van der Waals surface area contributed by atoms with Crippen LogP contribution >= 0.6 is 0 Å². The Morgan fingerprint density at radius 2 is 2.10 bits per heavy atom. The zero-order valence-corrected chi connectivity index (χ0v) is 11.7. The van der Waals surface area contributed by atoms with Crippen molar-refractivity contribution in [1.29, 1.82) is 0 Å². The van der Waals surface area contributed by atoms with Crippen molar-refractivity contribution in [2.45, 2.75) is 19.6 Å². The maximum Gasteiger partial charge on any atom is 0.338 e. The van der Waals surface area contributed by atoms with E-state index in [1.54, 1.807) is 37.5 Å². The number of pyridine rings is 1. The Kier molecular flexibility index (Phi) is 3.58. The number of benzene rings is 1. The molecule has 1 saturated heterocycles. The second-order valence-corrected chi connectivity index (χ2v) is 4.86. The predicted molar refractivity (Wildman–Crippen MR) is 77.2 cm³/mol. The molecule has 1 fully saturated rings. The zero-order chi connectivity index (χ0) is 14.8. The largest absolute Gasteiger partial charge is 0.464 e. The van der Waals surface area contributed by atoms with Crippen LogP contribution in [-0.2, 0) is 9.53 Å². The van der Waals surface area contributed by atoms with E-state index in [-0.39, 0.29) is 6.29 Å². The molecule has 2 heterocycles. The third kappa shape index (κ3) is 2.73. The molecule has 5 nitrogen and oxygen atoms in total. The van der Waals surface area contributed by atoms with Crippen molar-refractivity contribution < 1.29 is 19.0 Å². The minimum atomic E-state index is -0.455. The Balaban J connectivity index is 1.97. The van der Waals surface area contributed by atoms with Gasteiger partial charge in [-0.05, 0) is 25.1 Å². The first-order valence-electron chi connectivity index (χ1n) is 6.68. The average molecular weight is 285 g/mol. The van der Waals surface area contributed by atoms with Gasteiger partial charge < -0.3 is 14.2 Å². The molecule has 3 rings (SSSR count). The van der Waals surface area contributed by atoms with Gasteiger partial charge in [0.25, 0.3) is 0 Å². The van der Waals surface area contributed by atoms with Gasteiger partial charge in [-0.15, -0.1) is 0 Å². The Labute approximate surface area is 122 Å². The van der Waals surface area contributed by atoms with Crippen LogP contribution in [0.25, 0.3) is 10.8 Å². The topological polar surface area (TPSA) is 57.7 Å². The summed E-state index contributed by atoms with van der Waals surface area (Å²) in [6.45, 7) is 5.90. The molecule has 1 aliphatic heterocycles. The lowest BCUT2D eigenvalue weighted by Crippen LogP contribution is -2.32. The molecule has 2 aromatic rings. The summed E-state index contributed by atoms with van der Waals surface area (Å²) in [4.78, 5) is 15.8. The Morgan fingerprint density at radius 1 is 1.33 bits per heavy atom. The van der Waals surface area contributed by atoms with Gasteiger partial charge in [-0.1, -0.05) is 6.58 Å². The van der Waals surface area contributed by atoms with Crippen LogP contribution in [0.3, 0.4) is 0 Å². The molecule has 1 aromatic carbocycles. The number of nitrogens with zero attached hydrogens (tertiary/aromatic N) is 1. The maximum absolute atomic E-state index is 11.7. The minimum Gasteiger partial charge on any atom is -0.464 e. The highest BCUT2D eigenvalue weighted by molar-refractivity contribution is 5.96. The quantitative estimate of drug-likeness (QED) is 0.491. The number of hydrogen-bond acceptors (Lipinski definition) is 5. The molecule has 0 spiro atoms. The SMILES string of the molecule is C=C(C)C(=O)Oc1ccc(OC2CCO2)c2cnccc12. The fraction of sp³-hybridized carbons (Fsp3) is 0.250. The molecule has 0 aliphatic carbocycles. The molecule has 0 N–H and O–H groups in total. The molecule has 108 valence electrons. The summed E-state index contributed by atoms with van der Waals surface area (Å²) in [7, 11) is 0. The molecule has 1 atom stereocenters. The molecule has 1 aliphatic rings. The highest BCUT2D eigenvalue weighted by atomic mass is 16.7. The van der Waals surface area contributed by atoms with Crippen LogP contribution in [0.2, 0.25) is 0 Å². The summed E-state index contributed by atoms with van der Waals surface area (Å²) in [5.41, 5.74) is 0.348. The average Bonchev–Trinajstić information content (AvgIpc) is 2.44. The summed E-state index contributed by atoms with van der Waals surface area (Å²) < 4.78 is 16.4. The Bertz CT molecular complexity index is 706. The maximum atomic E-state index is 11.7. The number of hydrogen-bond donors (Lipinski definition) is 0. The highest BCUT2D eigenvalue weighted by Gasteiger charge is 2.21. The molecule has 5 heteroatoms. The van der Waals surface area contributed by atoms with Crippen LogP contribution < -0.4 is 9.47 Å². The van der Waals surface area contributed by atoms with E-state index in [0.717, 1.165) is 23.8 Å². The molecule has 0 radical (unpaired) electrons. The molecule has 1 unspecified atom stereocenters. The smallest absolute Gasteiger partial charge is 0.338 e. The van der Waals surface area contributed by atoms with E-state index in [0.29, 0.717) is 17.1 Å². The molecule has 1 aromatic heterocycles. The predicted octanol–water partition coefficient (Wildman–Crippen LogP) is 2.84. The zero-order valence-electron chi connectivity index (χ0n) is 11.7. The van der Waals surface area contributed by atoms with E-state index in [1.807, 2.05) is 0 Å².